The van der Waals surface area contributed by atoms with Gasteiger partial charge in [0.15, 0.2) is 0 Å². The van der Waals surface area contributed by atoms with E-state index < -0.39 is 17.3 Å². The molecule has 2 heterocycles. The van der Waals surface area contributed by atoms with E-state index in [1.807, 2.05) is 13.0 Å². The number of benzene rings is 2. The molecule has 156 valence electrons. The SMILES string of the molecule is Cc1cccc(-n2c(=O)c3ccc(Cl)cc3n(C(C)C(=O)N3CCOCC3)c2=O)c1. The van der Waals surface area contributed by atoms with Gasteiger partial charge in [0.25, 0.3) is 5.56 Å². The van der Waals surface area contributed by atoms with Gasteiger partial charge in [-0.25, -0.2) is 9.36 Å². The minimum absolute atomic E-state index is 0.198. The molecule has 1 fully saturated rings. The Morgan fingerprint density at radius 3 is 2.53 bits per heavy atom. The monoisotopic (exact) mass is 427 g/mol. The van der Waals surface area contributed by atoms with Crippen LogP contribution in [0.2, 0.25) is 5.02 Å². The molecule has 8 heteroatoms. The van der Waals surface area contributed by atoms with Crippen LogP contribution in [0.4, 0.5) is 0 Å². The van der Waals surface area contributed by atoms with Crippen molar-refractivity contribution >= 4 is 28.4 Å². The molecule has 0 saturated carbocycles. The molecule has 0 radical (unpaired) electrons. The van der Waals surface area contributed by atoms with Crippen LogP contribution in [0.1, 0.15) is 18.5 Å². The highest BCUT2D eigenvalue weighted by Gasteiger charge is 2.27. The van der Waals surface area contributed by atoms with E-state index in [9.17, 15) is 14.4 Å². The Morgan fingerprint density at radius 1 is 1.10 bits per heavy atom. The van der Waals surface area contributed by atoms with Gasteiger partial charge in [-0.1, -0.05) is 23.7 Å². The summed E-state index contributed by atoms with van der Waals surface area (Å²) < 4.78 is 7.80. The second-order valence-corrected chi connectivity index (χ2v) is 7.84. The molecule has 1 amide bonds. The molecule has 0 N–H and O–H groups in total. The topological polar surface area (TPSA) is 73.5 Å². The summed E-state index contributed by atoms with van der Waals surface area (Å²) in [7, 11) is 0. The number of fused-ring (bicyclic) bond motifs is 1. The molecular formula is C22H22ClN3O4. The molecule has 30 heavy (non-hydrogen) atoms. The Kier molecular flexibility index (Phi) is 5.49. The molecule has 1 aliphatic rings. The third-order valence-corrected chi connectivity index (χ3v) is 5.61. The second kappa shape index (κ2) is 8.08. The summed E-state index contributed by atoms with van der Waals surface area (Å²) in [5.41, 5.74) is 0.699. The van der Waals surface area contributed by atoms with Crippen molar-refractivity contribution in [3.05, 3.63) is 73.9 Å². The van der Waals surface area contributed by atoms with Crippen molar-refractivity contribution in [2.75, 3.05) is 26.3 Å². The van der Waals surface area contributed by atoms with Gasteiger partial charge in [0.2, 0.25) is 5.91 Å². The van der Waals surface area contributed by atoms with Crippen LogP contribution in [0.5, 0.6) is 0 Å². The summed E-state index contributed by atoms with van der Waals surface area (Å²) in [6.07, 6.45) is 0. The first kappa shape index (κ1) is 20.4. The predicted octanol–water partition coefficient (Wildman–Crippen LogP) is 2.53. The fourth-order valence-corrected chi connectivity index (χ4v) is 4.00. The fourth-order valence-electron chi connectivity index (χ4n) is 3.83. The van der Waals surface area contributed by atoms with Gasteiger partial charge in [-0.2, -0.15) is 0 Å². The van der Waals surface area contributed by atoms with Crippen LogP contribution < -0.4 is 11.2 Å². The van der Waals surface area contributed by atoms with Crippen LogP contribution in [-0.4, -0.2) is 46.2 Å². The average molecular weight is 428 g/mol. The number of hydrogen-bond donors (Lipinski definition) is 0. The van der Waals surface area contributed by atoms with Crippen LogP contribution in [0.3, 0.4) is 0 Å². The number of amides is 1. The Bertz CT molecular complexity index is 1240. The van der Waals surface area contributed by atoms with Gasteiger partial charge in [-0.3, -0.25) is 14.2 Å². The van der Waals surface area contributed by atoms with Gasteiger partial charge in [0.05, 0.1) is 29.8 Å². The van der Waals surface area contributed by atoms with E-state index in [0.29, 0.717) is 47.9 Å². The van der Waals surface area contributed by atoms with Crippen molar-refractivity contribution in [3.8, 4) is 5.69 Å². The molecule has 0 bridgehead atoms. The predicted molar refractivity (Wildman–Crippen MR) is 116 cm³/mol. The number of aryl methyl sites for hydroxylation is 1. The highest BCUT2D eigenvalue weighted by Crippen LogP contribution is 2.21. The number of nitrogens with zero attached hydrogens (tertiary/aromatic N) is 3. The number of morpholine rings is 1. The number of rotatable bonds is 3. The van der Waals surface area contributed by atoms with Gasteiger partial charge in [0.1, 0.15) is 6.04 Å². The molecule has 4 rings (SSSR count). The Balaban J connectivity index is 1.98. The van der Waals surface area contributed by atoms with E-state index in [2.05, 4.69) is 0 Å². The number of hydrogen-bond acceptors (Lipinski definition) is 4. The van der Waals surface area contributed by atoms with E-state index in [4.69, 9.17) is 16.3 Å². The van der Waals surface area contributed by atoms with Crippen molar-refractivity contribution in [3.63, 3.8) is 0 Å². The van der Waals surface area contributed by atoms with Crippen molar-refractivity contribution < 1.29 is 9.53 Å². The lowest BCUT2D eigenvalue weighted by molar-refractivity contribution is -0.138. The van der Waals surface area contributed by atoms with Crippen molar-refractivity contribution in [1.29, 1.82) is 0 Å². The van der Waals surface area contributed by atoms with Gasteiger partial charge in [0, 0.05) is 18.1 Å². The molecule has 1 aromatic heterocycles. The molecule has 0 spiro atoms. The summed E-state index contributed by atoms with van der Waals surface area (Å²) in [6, 6.07) is 11.1. The highest BCUT2D eigenvalue weighted by molar-refractivity contribution is 6.31. The quantitative estimate of drug-likeness (QED) is 0.643. The zero-order chi connectivity index (χ0) is 21.4. The minimum Gasteiger partial charge on any atom is -0.378 e. The van der Waals surface area contributed by atoms with E-state index in [1.165, 1.54) is 4.57 Å². The van der Waals surface area contributed by atoms with Crippen LogP contribution in [-0.2, 0) is 9.53 Å². The largest absolute Gasteiger partial charge is 0.378 e. The van der Waals surface area contributed by atoms with Gasteiger partial charge in [-0.05, 0) is 49.7 Å². The lowest BCUT2D eigenvalue weighted by Crippen LogP contribution is -2.47. The zero-order valence-corrected chi connectivity index (χ0v) is 17.6. The third kappa shape index (κ3) is 3.55. The number of ether oxygens (including phenoxy) is 1. The molecular weight excluding hydrogens is 406 g/mol. The Hall–Kier alpha value is -2.90. The molecule has 1 unspecified atom stereocenters. The highest BCUT2D eigenvalue weighted by atomic mass is 35.5. The van der Waals surface area contributed by atoms with Crippen LogP contribution in [0, 0.1) is 6.92 Å². The van der Waals surface area contributed by atoms with Crippen LogP contribution >= 0.6 is 11.6 Å². The summed E-state index contributed by atoms with van der Waals surface area (Å²) in [6.45, 7) is 5.41. The average Bonchev–Trinajstić information content (AvgIpc) is 2.73. The van der Waals surface area contributed by atoms with Crippen molar-refractivity contribution in [2.24, 2.45) is 0 Å². The van der Waals surface area contributed by atoms with Gasteiger partial charge < -0.3 is 9.64 Å². The van der Waals surface area contributed by atoms with E-state index in [-0.39, 0.29) is 5.91 Å². The maximum Gasteiger partial charge on any atom is 0.336 e. The Morgan fingerprint density at radius 2 is 1.83 bits per heavy atom. The summed E-state index contributed by atoms with van der Waals surface area (Å²) in [5, 5.41) is 0.705. The summed E-state index contributed by atoms with van der Waals surface area (Å²) in [4.78, 5) is 41.6. The minimum atomic E-state index is -0.812. The summed E-state index contributed by atoms with van der Waals surface area (Å²) in [5.74, 6) is -0.198. The fraction of sp³-hybridized carbons (Fsp3) is 0.318. The maximum absolute atomic E-state index is 13.5. The second-order valence-electron chi connectivity index (χ2n) is 7.41. The standard InChI is InChI=1S/C22H22ClN3O4/c1-14-4-3-5-17(12-14)26-21(28)18-7-6-16(23)13-19(18)25(22(26)29)15(2)20(27)24-8-10-30-11-9-24/h3-7,12-13,15H,8-11H2,1-2H3. The number of carbonyl (C=O) groups excluding carboxylic acids is 1. The molecule has 1 saturated heterocycles. The zero-order valence-electron chi connectivity index (χ0n) is 16.8. The normalized spacial score (nSPS) is 15.4. The first-order valence-electron chi connectivity index (χ1n) is 9.79. The van der Waals surface area contributed by atoms with Crippen molar-refractivity contribution in [2.45, 2.75) is 19.9 Å². The van der Waals surface area contributed by atoms with Gasteiger partial charge in [-0.15, -0.1) is 0 Å². The lowest BCUT2D eigenvalue weighted by Gasteiger charge is -2.30. The first-order chi connectivity index (χ1) is 14.4. The smallest absolute Gasteiger partial charge is 0.336 e. The van der Waals surface area contributed by atoms with Gasteiger partial charge >= 0.3 is 5.69 Å². The third-order valence-electron chi connectivity index (χ3n) is 5.38. The van der Waals surface area contributed by atoms with Crippen molar-refractivity contribution in [1.82, 2.24) is 14.0 Å². The lowest BCUT2D eigenvalue weighted by atomic mass is 10.2. The van der Waals surface area contributed by atoms with E-state index >= 15 is 0 Å². The molecule has 3 aromatic rings. The number of halogens is 1. The van der Waals surface area contributed by atoms with Crippen LogP contribution in [0.15, 0.2) is 52.1 Å². The molecule has 1 atom stereocenters. The molecule has 0 aliphatic carbocycles. The number of carbonyl (C=O) groups is 1. The number of aromatic nitrogens is 2. The summed E-state index contributed by atoms with van der Waals surface area (Å²) >= 11 is 6.17. The molecule has 7 nitrogen and oxygen atoms in total. The van der Waals surface area contributed by atoms with Crippen LogP contribution in [0.25, 0.3) is 16.6 Å². The first-order valence-corrected chi connectivity index (χ1v) is 10.2. The Labute approximate surface area is 178 Å². The maximum atomic E-state index is 13.5. The van der Waals surface area contributed by atoms with E-state index in [0.717, 1.165) is 10.1 Å². The molecule has 1 aliphatic heterocycles. The molecule has 2 aromatic carbocycles. The van der Waals surface area contributed by atoms with E-state index in [1.54, 1.807) is 48.2 Å².